The van der Waals surface area contributed by atoms with E-state index < -0.39 is 11.5 Å². The summed E-state index contributed by atoms with van der Waals surface area (Å²) in [7, 11) is 1.58. The Labute approximate surface area is 178 Å². The number of nitrogens with zero attached hydrogens (tertiary/aromatic N) is 3. The zero-order valence-electron chi connectivity index (χ0n) is 17.2. The van der Waals surface area contributed by atoms with Crippen molar-refractivity contribution in [2.24, 2.45) is 5.92 Å². The minimum atomic E-state index is -0.519. The molecular formula is C23H23FN4O3. The molecule has 1 aromatic heterocycles. The highest BCUT2D eigenvalue weighted by Crippen LogP contribution is 2.35. The van der Waals surface area contributed by atoms with Crippen molar-refractivity contribution < 1.29 is 13.9 Å². The van der Waals surface area contributed by atoms with Gasteiger partial charge in [-0.05, 0) is 54.7 Å². The molecule has 1 saturated heterocycles. The normalized spacial score (nSPS) is 18.4. The molecular weight excluding hydrogens is 399 g/mol. The predicted molar refractivity (Wildman–Crippen MR) is 113 cm³/mol. The van der Waals surface area contributed by atoms with Crippen LogP contribution in [0.5, 0.6) is 5.75 Å². The fourth-order valence-corrected chi connectivity index (χ4v) is 4.25. The van der Waals surface area contributed by atoms with Crippen LogP contribution >= 0.6 is 0 Å². The molecule has 160 valence electrons. The zero-order valence-corrected chi connectivity index (χ0v) is 17.2. The van der Waals surface area contributed by atoms with Crippen molar-refractivity contribution in [3.63, 3.8) is 0 Å². The highest BCUT2D eigenvalue weighted by molar-refractivity contribution is 5.81. The summed E-state index contributed by atoms with van der Waals surface area (Å²) in [5, 5.41) is 6.63. The third-order valence-corrected chi connectivity index (χ3v) is 6.08. The second kappa shape index (κ2) is 7.68. The number of aromatic amines is 1. The lowest BCUT2D eigenvalue weighted by Gasteiger charge is -2.16. The standard InChI is InChI=1S/C23H23FN4O3/c1-31-18-4-2-3-15(11-18)16-7-8-20(19(24)12-16)28-21(25-26-23(28)30)17-9-10-27(13-17)22(29)14-5-6-14/h2-4,7-8,11-12,14,17H,5-6,9-10,13H2,1H3,(H,26,30). The summed E-state index contributed by atoms with van der Waals surface area (Å²) in [6.45, 7) is 1.14. The fourth-order valence-electron chi connectivity index (χ4n) is 4.25. The van der Waals surface area contributed by atoms with Crippen LogP contribution < -0.4 is 10.4 Å². The number of benzene rings is 2. The number of hydrogen-bond acceptors (Lipinski definition) is 4. The number of carbonyl (C=O) groups is 1. The summed E-state index contributed by atoms with van der Waals surface area (Å²) in [5.74, 6) is 0.849. The quantitative estimate of drug-likeness (QED) is 0.685. The number of aromatic nitrogens is 3. The van der Waals surface area contributed by atoms with Gasteiger partial charge in [-0.15, -0.1) is 0 Å². The Morgan fingerprint density at radius 2 is 1.97 bits per heavy atom. The van der Waals surface area contributed by atoms with E-state index in [0.29, 0.717) is 36.6 Å². The van der Waals surface area contributed by atoms with Crippen LogP contribution in [-0.4, -0.2) is 45.8 Å². The first-order valence-corrected chi connectivity index (χ1v) is 10.5. The number of hydrogen-bond donors (Lipinski definition) is 1. The van der Waals surface area contributed by atoms with Crippen LogP contribution in [0, 0.1) is 11.7 Å². The summed E-state index contributed by atoms with van der Waals surface area (Å²) in [4.78, 5) is 26.7. The molecule has 2 aromatic carbocycles. The molecule has 3 aromatic rings. The van der Waals surface area contributed by atoms with Crippen LogP contribution in [0.1, 0.15) is 31.0 Å². The molecule has 5 rings (SSSR count). The van der Waals surface area contributed by atoms with E-state index in [4.69, 9.17) is 4.74 Å². The number of amides is 1. The Morgan fingerprint density at radius 1 is 1.16 bits per heavy atom. The van der Waals surface area contributed by atoms with Gasteiger partial charge in [0.1, 0.15) is 17.4 Å². The van der Waals surface area contributed by atoms with E-state index in [0.717, 1.165) is 18.4 Å². The molecule has 2 fully saturated rings. The second-order valence-electron chi connectivity index (χ2n) is 8.16. The van der Waals surface area contributed by atoms with Gasteiger partial charge >= 0.3 is 5.69 Å². The van der Waals surface area contributed by atoms with Gasteiger partial charge in [-0.3, -0.25) is 4.79 Å². The van der Waals surface area contributed by atoms with Crippen LogP contribution in [0.2, 0.25) is 0 Å². The summed E-state index contributed by atoms with van der Waals surface area (Å²) in [6, 6.07) is 12.1. The summed E-state index contributed by atoms with van der Waals surface area (Å²) in [5.41, 5.74) is 1.15. The average Bonchev–Trinajstić information content (AvgIpc) is 3.41. The smallest absolute Gasteiger partial charge is 0.348 e. The van der Waals surface area contributed by atoms with Crippen molar-refractivity contribution >= 4 is 5.91 Å². The van der Waals surface area contributed by atoms with Gasteiger partial charge in [-0.1, -0.05) is 18.2 Å². The number of rotatable bonds is 5. The first-order chi connectivity index (χ1) is 15.0. The van der Waals surface area contributed by atoms with Crippen molar-refractivity contribution in [3.05, 3.63) is 64.6 Å². The zero-order chi connectivity index (χ0) is 21.5. The van der Waals surface area contributed by atoms with E-state index in [1.54, 1.807) is 19.2 Å². The largest absolute Gasteiger partial charge is 0.497 e. The van der Waals surface area contributed by atoms with Gasteiger partial charge in [0, 0.05) is 24.9 Å². The minimum Gasteiger partial charge on any atom is -0.497 e. The number of methoxy groups -OCH3 is 1. The van der Waals surface area contributed by atoms with E-state index in [1.807, 2.05) is 29.2 Å². The maximum atomic E-state index is 15.2. The average molecular weight is 422 g/mol. The predicted octanol–water partition coefficient (Wildman–Crippen LogP) is 3.10. The third kappa shape index (κ3) is 3.62. The Balaban J connectivity index is 1.45. The molecule has 1 atom stereocenters. The van der Waals surface area contributed by atoms with Crippen LogP contribution in [0.4, 0.5) is 4.39 Å². The van der Waals surface area contributed by atoms with Crippen LogP contribution in [0.3, 0.4) is 0 Å². The number of ether oxygens (including phenoxy) is 1. The molecule has 1 aliphatic heterocycles. The molecule has 2 aliphatic rings. The van der Waals surface area contributed by atoms with Crippen LogP contribution in [0.25, 0.3) is 16.8 Å². The minimum absolute atomic E-state index is 0.112. The highest BCUT2D eigenvalue weighted by atomic mass is 19.1. The van der Waals surface area contributed by atoms with Gasteiger partial charge in [0.05, 0.1) is 12.8 Å². The Kier molecular flexibility index (Phi) is 4.84. The third-order valence-electron chi connectivity index (χ3n) is 6.08. The number of halogens is 1. The molecule has 1 amide bonds. The van der Waals surface area contributed by atoms with E-state index in [-0.39, 0.29) is 23.4 Å². The maximum Gasteiger partial charge on any atom is 0.348 e. The first kappa shape index (κ1) is 19.5. The maximum absolute atomic E-state index is 15.2. The lowest BCUT2D eigenvalue weighted by Crippen LogP contribution is -2.30. The van der Waals surface area contributed by atoms with Gasteiger partial charge < -0.3 is 9.64 Å². The van der Waals surface area contributed by atoms with Gasteiger partial charge in [-0.25, -0.2) is 18.9 Å². The molecule has 31 heavy (non-hydrogen) atoms. The topological polar surface area (TPSA) is 80.2 Å². The van der Waals surface area contributed by atoms with Crippen molar-refractivity contribution in [2.75, 3.05) is 20.2 Å². The number of nitrogens with one attached hydrogen (secondary N) is 1. The molecule has 1 saturated carbocycles. The molecule has 1 aliphatic carbocycles. The molecule has 1 N–H and O–H groups in total. The molecule has 1 unspecified atom stereocenters. The fraction of sp³-hybridized carbons (Fsp3) is 0.348. The van der Waals surface area contributed by atoms with E-state index in [1.165, 1.54) is 10.6 Å². The molecule has 2 heterocycles. The van der Waals surface area contributed by atoms with Crippen LogP contribution in [0.15, 0.2) is 47.3 Å². The van der Waals surface area contributed by atoms with Crippen molar-refractivity contribution in [2.45, 2.75) is 25.2 Å². The molecule has 7 nitrogen and oxygen atoms in total. The number of likely N-dealkylation sites (tertiary alicyclic amines) is 1. The van der Waals surface area contributed by atoms with Gasteiger partial charge in [-0.2, -0.15) is 5.10 Å². The van der Waals surface area contributed by atoms with Gasteiger partial charge in [0.25, 0.3) is 0 Å². The first-order valence-electron chi connectivity index (χ1n) is 10.5. The molecule has 0 radical (unpaired) electrons. The second-order valence-corrected chi connectivity index (χ2v) is 8.16. The Morgan fingerprint density at radius 3 is 2.71 bits per heavy atom. The van der Waals surface area contributed by atoms with E-state index >= 15 is 4.39 Å². The lowest BCUT2D eigenvalue weighted by molar-refractivity contribution is -0.131. The summed E-state index contributed by atoms with van der Waals surface area (Å²) < 4.78 is 21.7. The van der Waals surface area contributed by atoms with Gasteiger partial charge in [0.15, 0.2) is 0 Å². The molecule has 8 heteroatoms. The van der Waals surface area contributed by atoms with E-state index in [2.05, 4.69) is 10.2 Å². The van der Waals surface area contributed by atoms with Gasteiger partial charge in [0.2, 0.25) is 5.91 Å². The SMILES string of the molecule is COc1cccc(-c2ccc(-n3c(C4CCN(C(=O)C5CC5)C4)n[nH]c3=O)c(F)c2)c1. The monoisotopic (exact) mass is 422 g/mol. The summed E-state index contributed by atoms with van der Waals surface area (Å²) in [6.07, 6.45) is 2.61. The Bertz CT molecular complexity index is 1200. The van der Waals surface area contributed by atoms with E-state index in [9.17, 15) is 9.59 Å². The van der Waals surface area contributed by atoms with Crippen molar-refractivity contribution in [1.29, 1.82) is 0 Å². The summed E-state index contributed by atoms with van der Waals surface area (Å²) >= 11 is 0. The highest BCUT2D eigenvalue weighted by Gasteiger charge is 2.38. The van der Waals surface area contributed by atoms with Crippen molar-refractivity contribution in [1.82, 2.24) is 19.7 Å². The number of carbonyl (C=O) groups excluding carboxylic acids is 1. The Hall–Kier alpha value is -3.42. The number of H-pyrrole nitrogens is 1. The van der Waals surface area contributed by atoms with Crippen molar-refractivity contribution in [3.8, 4) is 22.6 Å². The molecule has 0 spiro atoms. The molecule has 0 bridgehead atoms. The lowest BCUT2D eigenvalue weighted by atomic mass is 10.0. The van der Waals surface area contributed by atoms with Crippen LogP contribution in [-0.2, 0) is 4.79 Å².